The van der Waals surface area contributed by atoms with Gasteiger partial charge in [0.2, 0.25) is 20.0 Å². The third-order valence-electron chi connectivity index (χ3n) is 8.44. The van der Waals surface area contributed by atoms with Gasteiger partial charge in [0, 0.05) is 22.5 Å². The maximum Gasteiger partial charge on any atom is 0.276 e. The molecule has 1 aromatic heterocycles. The van der Waals surface area contributed by atoms with E-state index >= 15 is 0 Å². The van der Waals surface area contributed by atoms with Gasteiger partial charge in [0.15, 0.2) is 19.7 Å². The summed E-state index contributed by atoms with van der Waals surface area (Å²) < 4.78 is 102. The number of nitrogens with one attached hydrogen (secondary N) is 3. The van der Waals surface area contributed by atoms with Crippen molar-refractivity contribution in [3.63, 3.8) is 0 Å². The second kappa shape index (κ2) is 13.2. The van der Waals surface area contributed by atoms with Crippen molar-refractivity contribution in [3.05, 3.63) is 87.7 Å². The van der Waals surface area contributed by atoms with Gasteiger partial charge in [-0.05, 0) is 49.3 Å². The van der Waals surface area contributed by atoms with Crippen molar-refractivity contribution in [3.8, 4) is 11.3 Å². The van der Waals surface area contributed by atoms with E-state index in [1.165, 1.54) is 47.2 Å². The number of anilines is 2. The fourth-order valence-corrected chi connectivity index (χ4v) is 10.7. The van der Waals surface area contributed by atoms with Gasteiger partial charge in [0.1, 0.15) is 5.71 Å². The number of sulfone groups is 2. The molecule has 3 aliphatic rings. The van der Waals surface area contributed by atoms with E-state index in [2.05, 4.69) is 19.6 Å². The first kappa shape index (κ1) is 36.3. The van der Waals surface area contributed by atoms with Crippen molar-refractivity contribution in [1.82, 2.24) is 14.8 Å². The number of H-pyrrole nitrogens is 1. The highest BCUT2D eigenvalue weighted by Gasteiger charge is 2.40. The number of nitrogens with zero attached hydrogens (tertiary/aromatic N) is 3. The summed E-state index contributed by atoms with van der Waals surface area (Å²) in [6.45, 7) is 0. The Bertz CT molecular complexity index is 2500. The Morgan fingerprint density at radius 2 is 1.29 bits per heavy atom. The van der Waals surface area contributed by atoms with Crippen LogP contribution in [-0.4, -0.2) is 102 Å². The van der Waals surface area contributed by atoms with E-state index in [4.69, 9.17) is 0 Å². The van der Waals surface area contributed by atoms with Crippen LogP contribution in [0.25, 0.3) is 17.3 Å². The number of amides is 1. The number of carbonyl (C=O) groups excluding carboxylic acids is 1. The second-order valence-corrected chi connectivity index (χ2v) is 20.6. The normalized spacial score (nSPS) is 22.5. The number of sulfonamides is 2. The minimum Gasteiger partial charge on any atom is -0.294 e. The summed E-state index contributed by atoms with van der Waals surface area (Å²) in [4.78, 5) is 27.5. The van der Waals surface area contributed by atoms with Crippen LogP contribution in [0.5, 0.6) is 0 Å². The molecule has 2 fully saturated rings. The molecule has 16 nitrogen and oxygen atoms in total. The van der Waals surface area contributed by atoms with Gasteiger partial charge in [-0.1, -0.05) is 30.3 Å². The van der Waals surface area contributed by atoms with E-state index < -0.39 is 63.3 Å². The third kappa shape index (κ3) is 8.35. The van der Waals surface area contributed by atoms with Crippen molar-refractivity contribution in [1.29, 1.82) is 0 Å². The number of carbonyl (C=O) groups is 1. The first-order valence-electron chi connectivity index (χ1n) is 15.5. The number of hydrogen-bond acceptors (Lipinski definition) is 11. The lowest BCUT2D eigenvalue weighted by Gasteiger charge is -2.17. The summed E-state index contributed by atoms with van der Waals surface area (Å²) >= 11 is 0. The van der Waals surface area contributed by atoms with Crippen LogP contribution in [0.15, 0.2) is 76.2 Å². The smallest absolute Gasteiger partial charge is 0.276 e. The number of benzene rings is 2. The zero-order valence-corrected chi connectivity index (χ0v) is 30.6. The number of hydrogen-bond donors (Lipinski definition) is 3. The minimum absolute atomic E-state index is 0.0735. The largest absolute Gasteiger partial charge is 0.294 e. The Balaban J connectivity index is 1.39. The van der Waals surface area contributed by atoms with Crippen LogP contribution >= 0.6 is 0 Å². The Morgan fingerprint density at radius 3 is 1.78 bits per heavy atom. The van der Waals surface area contributed by atoms with Gasteiger partial charge in [-0.25, -0.2) is 43.4 Å². The molecule has 272 valence electrons. The fraction of sp³-hybridized carbons (Fsp3) is 0.323. The molecule has 2 unspecified atom stereocenters. The minimum atomic E-state index is -3.55. The van der Waals surface area contributed by atoms with Crippen molar-refractivity contribution >= 4 is 68.8 Å². The predicted octanol–water partition coefficient (Wildman–Crippen LogP) is 1.32. The van der Waals surface area contributed by atoms with E-state index in [0.717, 1.165) is 17.5 Å². The van der Waals surface area contributed by atoms with E-state index in [-0.39, 0.29) is 64.1 Å². The molecule has 6 rings (SSSR count). The number of allylic oxidation sites excluding steroid dienone is 2. The molecular weight excluding hydrogens is 745 g/mol. The van der Waals surface area contributed by atoms with E-state index in [9.17, 15) is 43.3 Å². The lowest BCUT2D eigenvalue weighted by molar-refractivity contribution is -0.127. The van der Waals surface area contributed by atoms with Crippen molar-refractivity contribution in [2.24, 2.45) is 5.10 Å². The van der Waals surface area contributed by atoms with Crippen LogP contribution in [0.2, 0.25) is 0 Å². The van der Waals surface area contributed by atoms with Crippen molar-refractivity contribution < 1.29 is 38.5 Å². The molecule has 1 amide bonds. The topological polar surface area (TPSA) is 231 Å². The zero-order valence-electron chi connectivity index (χ0n) is 27.3. The number of aromatic amines is 1. The van der Waals surface area contributed by atoms with Gasteiger partial charge >= 0.3 is 0 Å². The Labute approximate surface area is 294 Å². The Morgan fingerprint density at radius 1 is 0.784 bits per heavy atom. The van der Waals surface area contributed by atoms with Gasteiger partial charge < -0.3 is 0 Å². The Hall–Kier alpha value is -4.53. The van der Waals surface area contributed by atoms with Crippen LogP contribution < -0.4 is 15.0 Å². The fourth-order valence-electron chi connectivity index (χ4n) is 6.16. The molecule has 2 saturated heterocycles. The SMILES string of the molecule is CS(=O)(=O)Nc1ccc(C2=NN(C3CCS(=O)(=O)C3)C(=O)C2=CC=Cc2c(-c3ccc(NS(C)(=O)=O)cc3)[nH]n(C3CCS(=O)(=O)C3)c2=O)cc1. The molecular formula is C31H34N6O10S4. The van der Waals surface area contributed by atoms with E-state index in [1.807, 2.05) is 0 Å². The average Bonchev–Trinajstić information content (AvgIpc) is 3.76. The summed E-state index contributed by atoms with van der Waals surface area (Å²) in [5.41, 5.74) is 1.75. The molecule has 51 heavy (non-hydrogen) atoms. The molecule has 0 bridgehead atoms. The Kier molecular flexibility index (Phi) is 9.40. The maximum absolute atomic E-state index is 13.8. The highest BCUT2D eigenvalue weighted by Crippen LogP contribution is 2.30. The quantitative estimate of drug-likeness (QED) is 0.250. The lowest BCUT2D eigenvalue weighted by atomic mass is 10.0. The number of rotatable bonds is 10. The second-order valence-electron chi connectivity index (χ2n) is 12.6. The molecule has 3 N–H and O–H groups in total. The summed E-state index contributed by atoms with van der Waals surface area (Å²) in [6.07, 6.45) is 6.80. The highest BCUT2D eigenvalue weighted by atomic mass is 32.2. The standard InChI is InChI=1S/C31H34N6O10S4/c1-48(40,41)34-22-10-6-20(7-11-22)28-26(30(38)36(32-28)24-14-16-50(44,45)18-24)4-3-5-27-29(21-8-12-23(13-9-21)35-49(2,42)43)33-37(31(27)39)25-15-17-51(46,47)19-25/h3-13,24-25,32,34-35H,14-19H2,1-2H3. The highest BCUT2D eigenvalue weighted by molar-refractivity contribution is 7.92. The summed E-state index contributed by atoms with van der Waals surface area (Å²) in [5.74, 6) is -1.20. The zero-order chi connectivity index (χ0) is 36.9. The molecule has 4 heterocycles. The maximum atomic E-state index is 13.8. The molecule has 0 saturated carbocycles. The number of aromatic nitrogens is 2. The molecule has 3 aliphatic heterocycles. The van der Waals surface area contributed by atoms with Gasteiger partial charge in [0.05, 0.1) is 64.4 Å². The molecule has 3 aromatic rings. The molecule has 20 heteroatoms. The van der Waals surface area contributed by atoms with Crippen molar-refractivity contribution in [2.75, 3.05) is 45.0 Å². The molecule has 2 atom stereocenters. The summed E-state index contributed by atoms with van der Waals surface area (Å²) in [7, 11) is -13.8. The van der Waals surface area contributed by atoms with Crippen LogP contribution in [0.1, 0.15) is 30.0 Å². The summed E-state index contributed by atoms with van der Waals surface area (Å²) in [5, 5.41) is 8.68. The molecule has 0 spiro atoms. The molecule has 0 aliphatic carbocycles. The van der Waals surface area contributed by atoms with E-state index in [0.29, 0.717) is 16.8 Å². The lowest BCUT2D eigenvalue weighted by Crippen LogP contribution is -2.34. The van der Waals surface area contributed by atoms with Gasteiger partial charge in [-0.15, -0.1) is 0 Å². The van der Waals surface area contributed by atoms with Crippen LogP contribution in [0.4, 0.5) is 11.4 Å². The van der Waals surface area contributed by atoms with Crippen LogP contribution in [0, 0.1) is 0 Å². The van der Waals surface area contributed by atoms with Crippen LogP contribution in [0.3, 0.4) is 0 Å². The van der Waals surface area contributed by atoms with Crippen LogP contribution in [-0.2, 0) is 44.5 Å². The van der Waals surface area contributed by atoms with Gasteiger partial charge in [0.25, 0.3) is 11.5 Å². The molecule has 2 aromatic carbocycles. The molecule has 0 radical (unpaired) electrons. The first-order chi connectivity index (χ1) is 23.8. The average molecular weight is 779 g/mol. The number of hydrazone groups is 1. The first-order valence-corrected chi connectivity index (χ1v) is 22.9. The summed E-state index contributed by atoms with van der Waals surface area (Å²) in [6, 6.07) is 11.0. The monoisotopic (exact) mass is 778 g/mol. The third-order valence-corrected chi connectivity index (χ3v) is 13.2. The van der Waals surface area contributed by atoms with Gasteiger partial charge in [-0.2, -0.15) is 5.10 Å². The predicted molar refractivity (Wildman–Crippen MR) is 194 cm³/mol. The van der Waals surface area contributed by atoms with Gasteiger partial charge in [-0.3, -0.25) is 24.1 Å². The van der Waals surface area contributed by atoms with E-state index in [1.54, 1.807) is 24.3 Å². The van der Waals surface area contributed by atoms with Crippen molar-refractivity contribution in [2.45, 2.75) is 24.9 Å².